The van der Waals surface area contributed by atoms with Crippen LogP contribution in [0.2, 0.25) is 0 Å². The molecule has 1 aliphatic rings. The summed E-state index contributed by atoms with van der Waals surface area (Å²) < 4.78 is 0. The molecule has 0 saturated carbocycles. The minimum atomic E-state index is -0.712. The predicted octanol–water partition coefficient (Wildman–Crippen LogP) is 0.368. The molecular formula is C5H11ClN2O3. The van der Waals surface area contributed by atoms with Gasteiger partial charge in [-0.25, -0.2) is 0 Å². The van der Waals surface area contributed by atoms with E-state index < -0.39 is 5.09 Å². The molecule has 1 saturated heterocycles. The fourth-order valence-electron chi connectivity index (χ4n) is 1.02. The fraction of sp³-hybridized carbons (Fsp3) is 1.00. The number of nitrogens with one attached hydrogen (secondary N) is 1. The second-order valence-corrected chi connectivity index (χ2v) is 2.28. The maximum absolute atomic E-state index is 9.83. The van der Waals surface area contributed by atoms with Crippen LogP contribution < -0.4 is 5.32 Å². The highest BCUT2D eigenvalue weighted by Gasteiger charge is 2.15. The number of nitrogens with zero attached hydrogens (tertiary/aromatic N) is 1. The van der Waals surface area contributed by atoms with Gasteiger partial charge in [-0.15, -0.1) is 22.5 Å². The molecular weight excluding hydrogens is 172 g/mol. The number of hydrogen-bond acceptors (Lipinski definition) is 4. The highest BCUT2D eigenvalue weighted by atomic mass is 35.5. The lowest BCUT2D eigenvalue weighted by Crippen LogP contribution is -2.33. The Bertz CT molecular complexity index is 127. The van der Waals surface area contributed by atoms with Gasteiger partial charge in [0, 0.05) is 0 Å². The molecule has 0 aromatic carbocycles. The Morgan fingerprint density at radius 1 is 1.45 bits per heavy atom. The Morgan fingerprint density at radius 3 is 2.45 bits per heavy atom. The van der Waals surface area contributed by atoms with Gasteiger partial charge >= 0.3 is 0 Å². The van der Waals surface area contributed by atoms with Crippen molar-refractivity contribution in [3.8, 4) is 0 Å². The Morgan fingerprint density at radius 2 is 2.00 bits per heavy atom. The van der Waals surface area contributed by atoms with Gasteiger partial charge in [0.15, 0.2) is 0 Å². The van der Waals surface area contributed by atoms with E-state index in [1.807, 2.05) is 0 Å². The summed E-state index contributed by atoms with van der Waals surface area (Å²) in [6.07, 6.45) is 1.29. The molecule has 0 aromatic heterocycles. The van der Waals surface area contributed by atoms with Crippen molar-refractivity contribution < 1.29 is 9.92 Å². The van der Waals surface area contributed by atoms with Crippen molar-refractivity contribution in [3.63, 3.8) is 0 Å². The maximum Gasteiger partial charge on any atom is 0.294 e. The summed E-state index contributed by atoms with van der Waals surface area (Å²) in [4.78, 5) is 14.2. The first-order chi connectivity index (χ1) is 4.79. The molecule has 1 fully saturated rings. The third-order valence-corrected chi connectivity index (χ3v) is 1.52. The van der Waals surface area contributed by atoms with E-state index in [0.29, 0.717) is 0 Å². The summed E-state index contributed by atoms with van der Waals surface area (Å²) in [7, 11) is 0. The Balaban J connectivity index is 0.000001000. The van der Waals surface area contributed by atoms with Crippen LogP contribution in [-0.2, 0) is 4.84 Å². The van der Waals surface area contributed by atoms with E-state index in [1.165, 1.54) is 0 Å². The highest BCUT2D eigenvalue weighted by Crippen LogP contribution is 2.06. The first-order valence-electron chi connectivity index (χ1n) is 3.31. The second-order valence-electron chi connectivity index (χ2n) is 2.28. The van der Waals surface area contributed by atoms with Crippen LogP contribution in [0.5, 0.6) is 0 Å². The van der Waals surface area contributed by atoms with Gasteiger partial charge in [0.2, 0.25) is 0 Å². The van der Waals surface area contributed by atoms with Gasteiger partial charge in [-0.1, -0.05) is 0 Å². The van der Waals surface area contributed by atoms with E-state index in [1.54, 1.807) is 0 Å². The maximum atomic E-state index is 9.83. The summed E-state index contributed by atoms with van der Waals surface area (Å²) in [5, 5.41) is 12.2. The van der Waals surface area contributed by atoms with Crippen molar-refractivity contribution >= 4 is 12.4 Å². The van der Waals surface area contributed by atoms with Crippen molar-refractivity contribution in [2.75, 3.05) is 13.1 Å². The topological polar surface area (TPSA) is 64.4 Å². The largest absolute Gasteiger partial charge is 0.317 e. The average Bonchev–Trinajstić information content (AvgIpc) is 1.88. The van der Waals surface area contributed by atoms with Crippen molar-refractivity contribution in [1.29, 1.82) is 0 Å². The van der Waals surface area contributed by atoms with Crippen LogP contribution in [0.15, 0.2) is 0 Å². The SMILES string of the molecule is Cl.O=[N+]([O-])OC1CCNCC1. The predicted molar refractivity (Wildman–Crippen MR) is 41.2 cm³/mol. The van der Waals surface area contributed by atoms with Gasteiger partial charge in [-0.05, 0) is 25.9 Å². The van der Waals surface area contributed by atoms with Crippen molar-refractivity contribution in [3.05, 3.63) is 10.1 Å². The quantitative estimate of drug-likeness (QED) is 0.495. The Kier molecular flexibility index (Phi) is 4.89. The van der Waals surface area contributed by atoms with E-state index in [2.05, 4.69) is 10.2 Å². The molecule has 0 bridgehead atoms. The monoisotopic (exact) mass is 182 g/mol. The molecule has 0 aliphatic carbocycles. The van der Waals surface area contributed by atoms with Gasteiger partial charge in [0.25, 0.3) is 5.09 Å². The lowest BCUT2D eigenvalue weighted by molar-refractivity contribution is -0.769. The van der Waals surface area contributed by atoms with E-state index in [4.69, 9.17) is 0 Å². The average molecular weight is 183 g/mol. The molecule has 1 aliphatic heterocycles. The number of hydrogen-bond donors (Lipinski definition) is 1. The summed E-state index contributed by atoms with van der Waals surface area (Å²) in [6, 6.07) is 0. The normalized spacial score (nSPS) is 18.5. The zero-order chi connectivity index (χ0) is 7.40. The molecule has 1 heterocycles. The third kappa shape index (κ3) is 4.00. The molecule has 0 spiro atoms. The lowest BCUT2D eigenvalue weighted by atomic mass is 10.1. The first-order valence-corrected chi connectivity index (χ1v) is 3.31. The molecule has 11 heavy (non-hydrogen) atoms. The Hall–Kier alpha value is -0.550. The molecule has 5 nitrogen and oxygen atoms in total. The van der Waals surface area contributed by atoms with E-state index >= 15 is 0 Å². The van der Waals surface area contributed by atoms with Crippen LogP contribution >= 0.6 is 12.4 Å². The number of piperidine rings is 1. The zero-order valence-corrected chi connectivity index (χ0v) is 6.80. The molecule has 6 heteroatoms. The van der Waals surface area contributed by atoms with E-state index in [0.717, 1.165) is 25.9 Å². The van der Waals surface area contributed by atoms with Gasteiger partial charge in [-0.3, -0.25) is 0 Å². The van der Waals surface area contributed by atoms with Crippen LogP contribution in [0.4, 0.5) is 0 Å². The van der Waals surface area contributed by atoms with Crippen LogP contribution in [0, 0.1) is 10.1 Å². The molecule has 0 aromatic rings. The smallest absolute Gasteiger partial charge is 0.294 e. The number of halogens is 1. The van der Waals surface area contributed by atoms with Crippen molar-refractivity contribution in [2.24, 2.45) is 0 Å². The van der Waals surface area contributed by atoms with Crippen LogP contribution in [0.1, 0.15) is 12.8 Å². The minimum Gasteiger partial charge on any atom is -0.317 e. The molecule has 0 radical (unpaired) electrons. The standard InChI is InChI=1S/C5H10N2O3.ClH/c8-7(9)10-5-1-3-6-4-2-5;/h5-6H,1-4H2;1H. The highest BCUT2D eigenvalue weighted by molar-refractivity contribution is 5.85. The first kappa shape index (κ1) is 10.4. The molecule has 1 N–H and O–H groups in total. The minimum absolute atomic E-state index is 0. The Labute approximate surface area is 70.6 Å². The third-order valence-electron chi connectivity index (χ3n) is 1.52. The van der Waals surface area contributed by atoms with E-state index in [9.17, 15) is 10.1 Å². The molecule has 0 atom stereocenters. The lowest BCUT2D eigenvalue weighted by Gasteiger charge is -2.19. The van der Waals surface area contributed by atoms with Crippen molar-refractivity contribution in [1.82, 2.24) is 5.32 Å². The molecule has 1 rings (SSSR count). The van der Waals surface area contributed by atoms with Crippen molar-refractivity contribution in [2.45, 2.75) is 18.9 Å². The van der Waals surface area contributed by atoms with Crippen LogP contribution in [0.3, 0.4) is 0 Å². The number of rotatable bonds is 2. The van der Waals surface area contributed by atoms with Gasteiger partial charge in [-0.2, -0.15) is 0 Å². The summed E-state index contributed by atoms with van der Waals surface area (Å²) in [5.41, 5.74) is 0. The summed E-state index contributed by atoms with van der Waals surface area (Å²) in [5.74, 6) is 0. The van der Waals surface area contributed by atoms with Gasteiger partial charge in [0.05, 0.1) is 0 Å². The molecule has 66 valence electrons. The summed E-state index contributed by atoms with van der Waals surface area (Å²) in [6.45, 7) is 1.64. The van der Waals surface area contributed by atoms with Gasteiger partial charge < -0.3 is 10.2 Å². The fourth-order valence-corrected chi connectivity index (χ4v) is 1.02. The molecule has 0 unspecified atom stereocenters. The second kappa shape index (κ2) is 5.15. The van der Waals surface area contributed by atoms with Gasteiger partial charge in [0.1, 0.15) is 6.10 Å². The van der Waals surface area contributed by atoms with Crippen LogP contribution in [-0.4, -0.2) is 24.3 Å². The summed E-state index contributed by atoms with van der Waals surface area (Å²) >= 11 is 0. The zero-order valence-electron chi connectivity index (χ0n) is 5.99. The van der Waals surface area contributed by atoms with E-state index in [-0.39, 0.29) is 18.5 Å². The molecule has 0 amide bonds. The van der Waals surface area contributed by atoms with Crippen LogP contribution in [0.25, 0.3) is 0 Å².